The van der Waals surface area contributed by atoms with E-state index in [1.165, 1.54) is 11.3 Å². The van der Waals surface area contributed by atoms with Crippen LogP contribution >= 0.6 is 0 Å². The molecule has 6 heteroatoms. The van der Waals surface area contributed by atoms with Gasteiger partial charge in [0, 0.05) is 32.4 Å². The monoisotopic (exact) mass is 418 g/mol. The van der Waals surface area contributed by atoms with Crippen LogP contribution in [-0.4, -0.2) is 53.9 Å². The summed E-state index contributed by atoms with van der Waals surface area (Å²) in [4.78, 5) is 17.3. The molecule has 1 aliphatic rings. The predicted molar refractivity (Wildman–Crippen MR) is 123 cm³/mol. The number of morpholine rings is 1. The van der Waals surface area contributed by atoms with Gasteiger partial charge in [-0.25, -0.2) is 4.68 Å². The van der Waals surface area contributed by atoms with Crippen LogP contribution in [0.2, 0.25) is 0 Å². The Bertz CT molecular complexity index is 1040. The van der Waals surface area contributed by atoms with E-state index in [9.17, 15) is 4.79 Å². The fraction of sp³-hybridized carbons (Fsp3) is 0.360. The minimum atomic E-state index is -0.00647. The standard InChI is InChI=1S/C25H30N4O2/c1-4-24-23(17-26-29(24)22-7-5-6-19(2)16-22)25(30)27(3)18-20-8-10-21(11-9-20)28-12-14-31-15-13-28/h5-11,16-17H,4,12-15,18H2,1-3H3. The average Bonchev–Trinajstić information content (AvgIpc) is 3.23. The van der Waals surface area contributed by atoms with E-state index in [2.05, 4.69) is 60.2 Å². The Kier molecular flexibility index (Phi) is 6.37. The number of hydrogen-bond acceptors (Lipinski definition) is 4. The fourth-order valence-corrected chi connectivity index (χ4v) is 4.06. The van der Waals surface area contributed by atoms with Gasteiger partial charge in [-0.05, 0) is 48.7 Å². The maximum atomic E-state index is 13.2. The summed E-state index contributed by atoms with van der Waals surface area (Å²) in [5, 5.41) is 4.53. The SMILES string of the molecule is CCc1c(C(=O)N(C)Cc2ccc(N3CCOCC3)cc2)cnn1-c1cccc(C)c1. The van der Waals surface area contributed by atoms with Gasteiger partial charge in [0.25, 0.3) is 5.91 Å². The molecule has 31 heavy (non-hydrogen) atoms. The molecule has 0 aliphatic carbocycles. The number of aryl methyl sites for hydroxylation is 1. The van der Waals surface area contributed by atoms with Crippen LogP contribution < -0.4 is 4.90 Å². The number of aromatic nitrogens is 2. The minimum absolute atomic E-state index is 0.00647. The van der Waals surface area contributed by atoms with Crippen molar-refractivity contribution in [2.45, 2.75) is 26.8 Å². The second-order valence-electron chi connectivity index (χ2n) is 8.04. The number of rotatable bonds is 6. The van der Waals surface area contributed by atoms with Crippen molar-refractivity contribution >= 4 is 11.6 Å². The summed E-state index contributed by atoms with van der Waals surface area (Å²) < 4.78 is 7.31. The first-order chi connectivity index (χ1) is 15.1. The van der Waals surface area contributed by atoms with Crippen molar-refractivity contribution < 1.29 is 9.53 Å². The summed E-state index contributed by atoms with van der Waals surface area (Å²) >= 11 is 0. The van der Waals surface area contributed by atoms with E-state index in [-0.39, 0.29) is 5.91 Å². The zero-order chi connectivity index (χ0) is 21.8. The van der Waals surface area contributed by atoms with Gasteiger partial charge in [0.15, 0.2) is 0 Å². The molecule has 1 amide bonds. The van der Waals surface area contributed by atoms with Gasteiger partial charge in [-0.15, -0.1) is 0 Å². The van der Waals surface area contributed by atoms with Crippen molar-refractivity contribution in [3.63, 3.8) is 0 Å². The molecule has 0 unspecified atom stereocenters. The van der Waals surface area contributed by atoms with Crippen LogP contribution in [0.5, 0.6) is 0 Å². The van der Waals surface area contributed by atoms with Crippen molar-refractivity contribution in [1.29, 1.82) is 0 Å². The predicted octanol–water partition coefficient (Wildman–Crippen LogP) is 3.85. The molecule has 0 saturated carbocycles. The summed E-state index contributed by atoms with van der Waals surface area (Å²) in [5.41, 5.74) is 6.06. The van der Waals surface area contributed by atoms with E-state index in [1.807, 2.05) is 23.9 Å². The van der Waals surface area contributed by atoms with Gasteiger partial charge >= 0.3 is 0 Å². The molecule has 0 atom stereocenters. The molecule has 2 heterocycles. The quantitative estimate of drug-likeness (QED) is 0.610. The third-order valence-electron chi connectivity index (χ3n) is 5.76. The second kappa shape index (κ2) is 9.35. The van der Waals surface area contributed by atoms with Gasteiger partial charge in [0.05, 0.1) is 36.4 Å². The highest BCUT2D eigenvalue weighted by Gasteiger charge is 2.21. The molecular weight excluding hydrogens is 388 g/mol. The van der Waals surface area contributed by atoms with Gasteiger partial charge in [-0.2, -0.15) is 5.10 Å². The molecular formula is C25H30N4O2. The Morgan fingerprint density at radius 3 is 2.52 bits per heavy atom. The lowest BCUT2D eigenvalue weighted by Gasteiger charge is -2.29. The minimum Gasteiger partial charge on any atom is -0.378 e. The largest absolute Gasteiger partial charge is 0.378 e. The number of benzene rings is 2. The van der Waals surface area contributed by atoms with E-state index in [4.69, 9.17) is 4.74 Å². The lowest BCUT2D eigenvalue weighted by molar-refractivity contribution is 0.0784. The van der Waals surface area contributed by atoms with Crippen molar-refractivity contribution in [3.8, 4) is 5.69 Å². The molecule has 0 spiro atoms. The van der Waals surface area contributed by atoms with Gasteiger partial charge in [-0.3, -0.25) is 4.79 Å². The normalized spacial score (nSPS) is 14.0. The maximum absolute atomic E-state index is 13.2. The zero-order valence-electron chi connectivity index (χ0n) is 18.5. The van der Waals surface area contributed by atoms with Crippen molar-refractivity contribution in [2.24, 2.45) is 0 Å². The average molecular weight is 419 g/mol. The smallest absolute Gasteiger partial charge is 0.257 e. The van der Waals surface area contributed by atoms with E-state index in [0.29, 0.717) is 12.1 Å². The van der Waals surface area contributed by atoms with Gasteiger partial charge in [-0.1, -0.05) is 31.2 Å². The summed E-state index contributed by atoms with van der Waals surface area (Å²) in [6, 6.07) is 16.6. The highest BCUT2D eigenvalue weighted by molar-refractivity contribution is 5.95. The Balaban J connectivity index is 1.48. The summed E-state index contributed by atoms with van der Waals surface area (Å²) in [6.07, 6.45) is 2.43. The van der Waals surface area contributed by atoms with Crippen LogP contribution in [0.25, 0.3) is 5.69 Å². The zero-order valence-corrected chi connectivity index (χ0v) is 18.5. The highest BCUT2D eigenvalue weighted by Crippen LogP contribution is 2.20. The third-order valence-corrected chi connectivity index (χ3v) is 5.76. The van der Waals surface area contributed by atoms with Gasteiger partial charge < -0.3 is 14.5 Å². The maximum Gasteiger partial charge on any atom is 0.257 e. The van der Waals surface area contributed by atoms with E-state index >= 15 is 0 Å². The topological polar surface area (TPSA) is 50.6 Å². The lowest BCUT2D eigenvalue weighted by atomic mass is 10.1. The summed E-state index contributed by atoms with van der Waals surface area (Å²) in [7, 11) is 1.85. The first-order valence-corrected chi connectivity index (χ1v) is 10.9. The molecule has 3 aromatic rings. The Labute approximate surface area is 184 Å². The van der Waals surface area contributed by atoms with Crippen molar-refractivity contribution in [1.82, 2.24) is 14.7 Å². The number of anilines is 1. The number of hydrogen-bond donors (Lipinski definition) is 0. The number of amides is 1. The highest BCUT2D eigenvalue weighted by atomic mass is 16.5. The first kappa shape index (κ1) is 21.1. The molecule has 1 fully saturated rings. The van der Waals surface area contributed by atoms with Crippen LogP contribution in [0.4, 0.5) is 5.69 Å². The lowest BCUT2D eigenvalue weighted by Crippen LogP contribution is -2.36. The van der Waals surface area contributed by atoms with Crippen molar-refractivity contribution in [3.05, 3.63) is 77.1 Å². The van der Waals surface area contributed by atoms with Crippen LogP contribution in [0.1, 0.15) is 34.1 Å². The number of ether oxygens (including phenoxy) is 1. The Morgan fingerprint density at radius 2 is 1.84 bits per heavy atom. The number of nitrogens with zero attached hydrogens (tertiary/aromatic N) is 4. The molecule has 1 aliphatic heterocycles. The van der Waals surface area contributed by atoms with Gasteiger partial charge in [0.2, 0.25) is 0 Å². The van der Waals surface area contributed by atoms with Crippen LogP contribution in [-0.2, 0) is 17.7 Å². The fourth-order valence-electron chi connectivity index (χ4n) is 4.06. The molecule has 0 N–H and O–H groups in total. The van der Waals surface area contributed by atoms with E-state index in [1.54, 1.807) is 11.1 Å². The molecule has 162 valence electrons. The van der Waals surface area contributed by atoms with Crippen LogP contribution in [0.15, 0.2) is 54.7 Å². The molecule has 1 aromatic heterocycles. The van der Waals surface area contributed by atoms with Crippen molar-refractivity contribution in [2.75, 3.05) is 38.3 Å². The number of carbonyl (C=O) groups is 1. The molecule has 2 aromatic carbocycles. The Morgan fingerprint density at radius 1 is 1.10 bits per heavy atom. The van der Waals surface area contributed by atoms with Crippen LogP contribution in [0, 0.1) is 6.92 Å². The summed E-state index contributed by atoms with van der Waals surface area (Å²) in [5.74, 6) is -0.00647. The molecule has 0 bridgehead atoms. The van der Waals surface area contributed by atoms with E-state index in [0.717, 1.165) is 49.7 Å². The first-order valence-electron chi connectivity index (χ1n) is 10.9. The van der Waals surface area contributed by atoms with E-state index < -0.39 is 0 Å². The summed E-state index contributed by atoms with van der Waals surface area (Å²) in [6.45, 7) is 8.06. The van der Waals surface area contributed by atoms with Gasteiger partial charge in [0.1, 0.15) is 0 Å². The molecule has 1 saturated heterocycles. The molecule has 6 nitrogen and oxygen atoms in total. The number of carbonyl (C=O) groups excluding carboxylic acids is 1. The van der Waals surface area contributed by atoms with Crippen LogP contribution in [0.3, 0.4) is 0 Å². The second-order valence-corrected chi connectivity index (χ2v) is 8.04. The third kappa shape index (κ3) is 4.64. The molecule has 0 radical (unpaired) electrons. The molecule has 4 rings (SSSR count). The Hall–Kier alpha value is -3.12.